The molecule has 1 N–H and O–H groups in total. The van der Waals surface area contributed by atoms with Gasteiger partial charge < -0.3 is 28.8 Å². The number of likely N-dealkylation sites (tertiary alicyclic amines) is 1. The molecule has 9 heteroatoms. The van der Waals surface area contributed by atoms with E-state index in [0.29, 0.717) is 67.7 Å². The Hall–Kier alpha value is -4.27. The summed E-state index contributed by atoms with van der Waals surface area (Å²) in [5, 5.41) is 11.6. The van der Waals surface area contributed by atoms with Gasteiger partial charge >= 0.3 is 0 Å². The van der Waals surface area contributed by atoms with Crippen LogP contribution in [0.2, 0.25) is 0 Å². The Balaban J connectivity index is 1.53. The summed E-state index contributed by atoms with van der Waals surface area (Å²) in [5.74, 6) is 0.854. The van der Waals surface area contributed by atoms with Gasteiger partial charge in [-0.1, -0.05) is 19.9 Å². The first-order chi connectivity index (χ1) is 20.3. The number of rotatable bonds is 12. The van der Waals surface area contributed by atoms with Crippen molar-refractivity contribution in [3.8, 4) is 17.2 Å². The number of hydrogen-bond acceptors (Lipinski definition) is 7. The number of carbonyl (C=O) groups excluding carboxylic acids is 2. The summed E-state index contributed by atoms with van der Waals surface area (Å²) in [5.41, 5.74) is 2.16. The van der Waals surface area contributed by atoms with Gasteiger partial charge in [0.1, 0.15) is 17.6 Å². The molecule has 0 bridgehead atoms. The zero-order valence-electron chi connectivity index (χ0n) is 24.7. The van der Waals surface area contributed by atoms with E-state index >= 15 is 0 Å². The van der Waals surface area contributed by atoms with E-state index < -0.39 is 17.7 Å². The van der Waals surface area contributed by atoms with Gasteiger partial charge in [-0.15, -0.1) is 0 Å². The van der Waals surface area contributed by atoms with Crippen molar-refractivity contribution in [1.82, 2.24) is 14.5 Å². The zero-order valence-corrected chi connectivity index (χ0v) is 24.7. The maximum Gasteiger partial charge on any atom is 0.295 e. The Kier molecular flexibility index (Phi) is 8.85. The number of fused-ring (bicyclic) bond motifs is 1. The van der Waals surface area contributed by atoms with Crippen LogP contribution >= 0.6 is 0 Å². The predicted molar refractivity (Wildman–Crippen MR) is 159 cm³/mol. The summed E-state index contributed by atoms with van der Waals surface area (Å²) in [6.45, 7) is 10.1. The minimum Gasteiger partial charge on any atom is -0.507 e. The highest BCUT2D eigenvalue weighted by Gasteiger charge is 2.46. The highest BCUT2D eigenvalue weighted by molar-refractivity contribution is 6.46. The lowest BCUT2D eigenvalue weighted by molar-refractivity contribution is -0.139. The maximum absolute atomic E-state index is 13.6. The van der Waals surface area contributed by atoms with E-state index in [1.54, 1.807) is 29.6 Å². The van der Waals surface area contributed by atoms with Crippen LogP contribution in [-0.4, -0.2) is 57.1 Å². The van der Waals surface area contributed by atoms with E-state index in [9.17, 15) is 14.7 Å². The molecule has 0 aliphatic carbocycles. The van der Waals surface area contributed by atoms with Gasteiger partial charge in [-0.3, -0.25) is 9.59 Å². The van der Waals surface area contributed by atoms with Gasteiger partial charge in [0.25, 0.3) is 11.7 Å². The van der Waals surface area contributed by atoms with Crippen LogP contribution in [0.25, 0.3) is 5.76 Å². The Morgan fingerprint density at radius 1 is 1.12 bits per heavy atom. The minimum absolute atomic E-state index is 0.0386. The van der Waals surface area contributed by atoms with Crippen LogP contribution < -0.4 is 14.2 Å². The lowest BCUT2D eigenvalue weighted by atomic mass is 9.94. The monoisotopic (exact) mass is 573 g/mol. The second-order valence-electron chi connectivity index (χ2n) is 11.3. The van der Waals surface area contributed by atoms with Gasteiger partial charge in [0.15, 0.2) is 11.5 Å². The fourth-order valence-corrected chi connectivity index (χ4v) is 5.51. The largest absolute Gasteiger partial charge is 0.507 e. The number of aryl methyl sites for hydroxylation is 1. The van der Waals surface area contributed by atoms with E-state index in [-0.39, 0.29) is 17.4 Å². The number of ketones is 1. The lowest BCUT2D eigenvalue weighted by Gasteiger charge is -2.26. The Morgan fingerprint density at radius 2 is 1.95 bits per heavy atom. The van der Waals surface area contributed by atoms with E-state index in [4.69, 9.17) is 14.2 Å². The van der Waals surface area contributed by atoms with Crippen molar-refractivity contribution < 1.29 is 28.9 Å². The number of aliphatic hydroxyl groups excluding tert-OH is 1. The van der Waals surface area contributed by atoms with Crippen molar-refractivity contribution in [2.24, 2.45) is 5.92 Å². The minimum atomic E-state index is -0.792. The maximum atomic E-state index is 13.6. The Labute approximate surface area is 246 Å². The van der Waals surface area contributed by atoms with Crippen LogP contribution in [0, 0.1) is 5.92 Å². The summed E-state index contributed by atoms with van der Waals surface area (Å²) >= 11 is 0. The molecular weight excluding hydrogens is 534 g/mol. The molecule has 0 saturated carbocycles. The molecule has 1 amide bonds. The third kappa shape index (κ3) is 6.15. The first-order valence-corrected chi connectivity index (χ1v) is 14.7. The average molecular weight is 574 g/mol. The van der Waals surface area contributed by atoms with Crippen LogP contribution in [0.15, 0.2) is 60.7 Å². The zero-order chi connectivity index (χ0) is 29.8. The van der Waals surface area contributed by atoms with E-state index in [0.717, 1.165) is 17.7 Å². The first kappa shape index (κ1) is 29.2. The van der Waals surface area contributed by atoms with Crippen LogP contribution in [0.5, 0.6) is 17.2 Å². The number of carbonyl (C=O) groups is 2. The summed E-state index contributed by atoms with van der Waals surface area (Å²) in [4.78, 5) is 32.7. The van der Waals surface area contributed by atoms with Crippen molar-refractivity contribution >= 4 is 17.4 Å². The Bertz CT molecular complexity index is 1460. The van der Waals surface area contributed by atoms with Crippen molar-refractivity contribution in [3.05, 3.63) is 77.4 Å². The molecule has 3 aromatic rings. The fourth-order valence-electron chi connectivity index (χ4n) is 5.51. The number of ether oxygens (including phenoxy) is 3. The summed E-state index contributed by atoms with van der Waals surface area (Å²) < 4.78 is 19.7. The van der Waals surface area contributed by atoms with E-state index in [1.165, 1.54) is 0 Å². The molecule has 0 unspecified atom stereocenters. The molecular formula is C33H39N3O6. The second-order valence-corrected chi connectivity index (χ2v) is 11.3. The van der Waals surface area contributed by atoms with Gasteiger partial charge in [-0.2, -0.15) is 0 Å². The summed E-state index contributed by atoms with van der Waals surface area (Å²) in [6.07, 6.45) is 7.52. The molecule has 3 heterocycles. The molecule has 2 atom stereocenters. The molecule has 9 nitrogen and oxygen atoms in total. The number of nitrogens with zero attached hydrogens (tertiary/aromatic N) is 3. The lowest BCUT2D eigenvalue weighted by Crippen LogP contribution is -2.31. The van der Waals surface area contributed by atoms with Crippen LogP contribution in [0.3, 0.4) is 0 Å². The van der Waals surface area contributed by atoms with Gasteiger partial charge in [0.2, 0.25) is 0 Å². The average Bonchev–Trinajstić information content (AvgIpc) is 3.67. The molecule has 1 saturated heterocycles. The van der Waals surface area contributed by atoms with Gasteiger partial charge in [-0.25, -0.2) is 4.98 Å². The Morgan fingerprint density at radius 3 is 2.69 bits per heavy atom. The molecule has 0 radical (unpaired) electrons. The third-order valence-corrected chi connectivity index (χ3v) is 7.62. The van der Waals surface area contributed by atoms with Crippen LogP contribution in [-0.2, 0) is 22.6 Å². The number of imidazole rings is 1. The molecule has 42 heavy (non-hydrogen) atoms. The highest BCUT2D eigenvalue weighted by Crippen LogP contribution is 2.43. The third-order valence-electron chi connectivity index (χ3n) is 7.62. The highest BCUT2D eigenvalue weighted by atomic mass is 16.5. The van der Waals surface area contributed by atoms with Gasteiger partial charge in [-0.05, 0) is 74.1 Å². The van der Waals surface area contributed by atoms with Crippen molar-refractivity contribution in [2.45, 2.75) is 65.6 Å². The molecule has 5 rings (SSSR count). The fraction of sp³-hybridized carbons (Fsp3) is 0.424. The number of Topliss-reactive ketones (excluding diaryl/α,β-unsaturated/α-hetero) is 1. The topological polar surface area (TPSA) is 103 Å². The molecule has 1 fully saturated rings. The quantitative estimate of drug-likeness (QED) is 0.172. The summed E-state index contributed by atoms with van der Waals surface area (Å²) in [7, 11) is 0. The molecule has 1 aromatic heterocycles. The van der Waals surface area contributed by atoms with Crippen molar-refractivity contribution in [2.75, 3.05) is 19.8 Å². The molecule has 222 valence electrons. The number of aromatic nitrogens is 2. The standard InChI is InChI=1S/C33H39N3O6/c1-5-40-28-19-23(7-10-27(28)41-16-11-21(2)3)30-29(31(37)24-8-9-26-25(18-24)17-22(4)42-26)32(38)33(39)36(30)14-6-13-35-15-12-34-20-35/h7-10,12,15,18-22,30,37H,5-6,11,13-14,16-17H2,1-4H3/t22-,30+/m0/s1. The molecule has 0 spiro atoms. The molecule has 2 aromatic carbocycles. The van der Waals surface area contributed by atoms with E-state index in [1.807, 2.05) is 48.9 Å². The van der Waals surface area contributed by atoms with Crippen molar-refractivity contribution in [1.29, 1.82) is 0 Å². The number of amides is 1. The number of hydrogen-bond donors (Lipinski definition) is 1. The summed E-state index contributed by atoms with van der Waals surface area (Å²) in [6, 6.07) is 10.1. The van der Waals surface area contributed by atoms with Gasteiger partial charge in [0.05, 0.1) is 31.2 Å². The SMILES string of the molecule is CCOc1cc([C@@H]2C(=C(O)c3ccc4c(c3)C[C@H](C)O4)C(=O)C(=O)N2CCCn2ccnc2)ccc1OCCC(C)C. The second kappa shape index (κ2) is 12.7. The normalized spacial score (nSPS) is 19.3. The van der Waals surface area contributed by atoms with Crippen LogP contribution in [0.1, 0.15) is 63.3 Å². The first-order valence-electron chi connectivity index (χ1n) is 14.7. The van der Waals surface area contributed by atoms with Crippen LogP contribution in [0.4, 0.5) is 0 Å². The molecule has 2 aliphatic rings. The number of aliphatic hydroxyl groups is 1. The van der Waals surface area contributed by atoms with E-state index in [2.05, 4.69) is 18.8 Å². The van der Waals surface area contributed by atoms with Gasteiger partial charge in [0, 0.05) is 37.5 Å². The number of benzene rings is 2. The molecule has 2 aliphatic heterocycles. The smallest absolute Gasteiger partial charge is 0.295 e. The van der Waals surface area contributed by atoms with Crippen molar-refractivity contribution in [3.63, 3.8) is 0 Å². The predicted octanol–water partition coefficient (Wildman–Crippen LogP) is 5.54.